The van der Waals surface area contributed by atoms with Crippen LogP contribution in [-0.4, -0.2) is 25.9 Å². The number of hydrogen-bond acceptors (Lipinski definition) is 6. The highest BCUT2D eigenvalue weighted by molar-refractivity contribution is 5.56. The zero-order valence-corrected chi connectivity index (χ0v) is 14.4. The van der Waals surface area contributed by atoms with Crippen molar-refractivity contribution in [1.29, 1.82) is 0 Å². The van der Waals surface area contributed by atoms with Gasteiger partial charge in [-0.2, -0.15) is 24.0 Å². The molecule has 2 heterocycles. The summed E-state index contributed by atoms with van der Waals surface area (Å²) in [4.78, 5) is 3.70. The van der Waals surface area contributed by atoms with Gasteiger partial charge in [-0.15, -0.1) is 0 Å². The first-order valence-corrected chi connectivity index (χ1v) is 8.11. The molecule has 0 fully saturated rings. The van der Waals surface area contributed by atoms with Gasteiger partial charge in [-0.25, -0.2) is 0 Å². The van der Waals surface area contributed by atoms with Gasteiger partial charge < -0.3 is 9.26 Å². The van der Waals surface area contributed by atoms with E-state index in [0.29, 0.717) is 11.3 Å². The van der Waals surface area contributed by atoms with Gasteiger partial charge >= 0.3 is 6.43 Å². The summed E-state index contributed by atoms with van der Waals surface area (Å²) in [5.74, 6) is -0.00576. The van der Waals surface area contributed by atoms with Crippen LogP contribution in [0.3, 0.4) is 0 Å². The maximum Gasteiger partial charge on any atom is 0.315 e. The van der Waals surface area contributed by atoms with E-state index in [4.69, 9.17) is 4.74 Å². The Balaban J connectivity index is 1.69. The second kappa shape index (κ2) is 7.55. The van der Waals surface area contributed by atoms with Crippen LogP contribution in [-0.2, 0) is 6.42 Å². The Kier molecular flexibility index (Phi) is 5.20. The largest absolute Gasteiger partial charge is 0.488 e. The summed E-state index contributed by atoms with van der Waals surface area (Å²) in [5.41, 5.74) is 0.980. The van der Waals surface area contributed by atoms with Gasteiger partial charge in [0.1, 0.15) is 11.4 Å². The zero-order chi connectivity index (χ0) is 18.6. The minimum Gasteiger partial charge on any atom is -0.488 e. The molecule has 136 valence electrons. The minimum atomic E-state index is -2.80. The third-order valence-electron chi connectivity index (χ3n) is 3.73. The first-order chi connectivity index (χ1) is 12.4. The van der Waals surface area contributed by atoms with Crippen molar-refractivity contribution in [3.8, 4) is 17.1 Å². The second-order valence-corrected chi connectivity index (χ2v) is 6.36. The molecule has 0 aliphatic carbocycles. The third kappa shape index (κ3) is 4.59. The number of rotatable bonds is 7. The molecule has 6 nitrogen and oxygen atoms in total. The van der Waals surface area contributed by atoms with Crippen molar-refractivity contribution in [2.24, 2.45) is 0 Å². The van der Waals surface area contributed by atoms with Crippen LogP contribution in [0.2, 0.25) is 0 Å². The molecule has 0 aliphatic heterocycles. The smallest absolute Gasteiger partial charge is 0.315 e. The van der Waals surface area contributed by atoms with Crippen molar-refractivity contribution in [2.45, 2.75) is 38.7 Å². The van der Waals surface area contributed by atoms with Crippen LogP contribution in [0.15, 0.2) is 47.1 Å². The SMILES string of the molecule is CC(C)(CCc1cccnn1)Oc1cccc(-c2noc(C(F)F)n2)c1. The molecule has 0 unspecified atom stereocenters. The summed E-state index contributed by atoms with van der Waals surface area (Å²) < 4.78 is 35.8. The molecule has 1 aromatic carbocycles. The van der Waals surface area contributed by atoms with E-state index in [1.54, 1.807) is 30.5 Å². The first-order valence-electron chi connectivity index (χ1n) is 8.11. The second-order valence-electron chi connectivity index (χ2n) is 6.36. The Bertz CT molecular complexity index is 853. The molecule has 0 amide bonds. The Morgan fingerprint density at radius 3 is 2.73 bits per heavy atom. The van der Waals surface area contributed by atoms with Gasteiger partial charge in [-0.05, 0) is 51.0 Å². The Morgan fingerprint density at radius 1 is 1.19 bits per heavy atom. The van der Waals surface area contributed by atoms with Crippen LogP contribution in [0.1, 0.15) is 38.3 Å². The minimum absolute atomic E-state index is 0.100. The molecule has 0 atom stereocenters. The maximum atomic E-state index is 12.6. The zero-order valence-electron chi connectivity index (χ0n) is 14.4. The van der Waals surface area contributed by atoms with Crippen LogP contribution in [0.25, 0.3) is 11.4 Å². The van der Waals surface area contributed by atoms with Gasteiger partial charge in [0.2, 0.25) is 5.82 Å². The van der Waals surface area contributed by atoms with E-state index >= 15 is 0 Å². The van der Waals surface area contributed by atoms with Crippen LogP contribution in [0, 0.1) is 0 Å². The van der Waals surface area contributed by atoms with Crippen LogP contribution < -0.4 is 4.74 Å². The van der Waals surface area contributed by atoms with E-state index in [1.165, 1.54) is 0 Å². The molecule has 3 rings (SSSR count). The Labute approximate surface area is 149 Å². The fraction of sp³-hybridized carbons (Fsp3) is 0.333. The number of ether oxygens (including phenoxy) is 1. The fourth-order valence-electron chi connectivity index (χ4n) is 2.41. The number of benzene rings is 1. The Morgan fingerprint density at radius 2 is 2.04 bits per heavy atom. The van der Waals surface area contributed by atoms with E-state index < -0.39 is 17.9 Å². The lowest BCUT2D eigenvalue weighted by Crippen LogP contribution is -2.29. The van der Waals surface area contributed by atoms with Crippen LogP contribution >= 0.6 is 0 Å². The topological polar surface area (TPSA) is 73.9 Å². The van der Waals surface area contributed by atoms with Crippen molar-refractivity contribution in [3.05, 3.63) is 54.2 Å². The molecule has 0 saturated heterocycles. The lowest BCUT2D eigenvalue weighted by atomic mass is 10.0. The molecule has 8 heteroatoms. The van der Waals surface area contributed by atoms with Crippen LogP contribution in [0.4, 0.5) is 8.78 Å². The standard InChI is InChI=1S/C18H18F2N4O2/c1-18(2,9-8-13-6-4-10-21-23-13)25-14-7-3-5-12(11-14)16-22-17(15(19)20)26-24-16/h3-7,10-11,15H,8-9H2,1-2H3. The number of nitrogens with zero attached hydrogens (tertiary/aromatic N) is 4. The van der Waals surface area contributed by atoms with E-state index in [2.05, 4.69) is 24.9 Å². The molecule has 26 heavy (non-hydrogen) atoms. The summed E-state index contributed by atoms with van der Waals surface area (Å²) >= 11 is 0. The molecule has 2 aromatic heterocycles. The predicted octanol–water partition coefficient (Wildman–Crippen LogP) is 4.25. The molecule has 0 radical (unpaired) electrons. The van der Waals surface area contributed by atoms with Crippen molar-refractivity contribution < 1.29 is 18.0 Å². The van der Waals surface area contributed by atoms with Crippen molar-refractivity contribution in [1.82, 2.24) is 20.3 Å². The third-order valence-corrected chi connectivity index (χ3v) is 3.73. The van der Waals surface area contributed by atoms with Gasteiger partial charge in [0.25, 0.3) is 5.89 Å². The summed E-state index contributed by atoms with van der Waals surface area (Å²) in [7, 11) is 0. The Hall–Kier alpha value is -2.90. The lowest BCUT2D eigenvalue weighted by molar-refractivity contribution is 0.0994. The molecular weight excluding hydrogens is 342 g/mol. The fourth-order valence-corrected chi connectivity index (χ4v) is 2.41. The molecule has 0 spiro atoms. The summed E-state index contributed by atoms with van der Waals surface area (Å²) in [6.45, 7) is 3.94. The number of aryl methyl sites for hydroxylation is 1. The van der Waals surface area contributed by atoms with Gasteiger partial charge in [-0.1, -0.05) is 17.3 Å². The van der Waals surface area contributed by atoms with E-state index in [1.807, 2.05) is 26.0 Å². The summed E-state index contributed by atoms with van der Waals surface area (Å²) in [5, 5.41) is 11.5. The molecule has 0 aliphatic rings. The van der Waals surface area contributed by atoms with Crippen molar-refractivity contribution in [2.75, 3.05) is 0 Å². The molecule has 0 bridgehead atoms. The molecule has 3 aromatic rings. The number of alkyl halides is 2. The maximum absolute atomic E-state index is 12.6. The summed E-state index contributed by atoms with van der Waals surface area (Å²) in [6, 6.07) is 10.7. The quantitative estimate of drug-likeness (QED) is 0.627. The van der Waals surface area contributed by atoms with Gasteiger partial charge in [0.05, 0.1) is 5.69 Å². The van der Waals surface area contributed by atoms with Gasteiger partial charge in [0.15, 0.2) is 0 Å². The molecular formula is C18H18F2N4O2. The average molecular weight is 360 g/mol. The van der Waals surface area contributed by atoms with E-state index in [0.717, 1.165) is 18.5 Å². The van der Waals surface area contributed by atoms with Crippen molar-refractivity contribution in [3.63, 3.8) is 0 Å². The normalized spacial score (nSPS) is 11.7. The number of hydrogen-bond donors (Lipinski definition) is 0. The summed E-state index contributed by atoms with van der Waals surface area (Å²) in [6.07, 6.45) is 0.292. The monoisotopic (exact) mass is 360 g/mol. The predicted molar refractivity (Wildman–Crippen MR) is 89.8 cm³/mol. The highest BCUT2D eigenvalue weighted by Gasteiger charge is 2.21. The van der Waals surface area contributed by atoms with E-state index in [9.17, 15) is 8.78 Å². The number of halogens is 2. The van der Waals surface area contributed by atoms with Crippen LogP contribution in [0.5, 0.6) is 5.75 Å². The van der Waals surface area contributed by atoms with Crippen molar-refractivity contribution >= 4 is 0 Å². The van der Waals surface area contributed by atoms with E-state index in [-0.39, 0.29) is 5.82 Å². The number of aromatic nitrogens is 4. The first kappa shape index (κ1) is 17.9. The molecule has 0 N–H and O–H groups in total. The van der Waals surface area contributed by atoms with Gasteiger partial charge in [-0.3, -0.25) is 0 Å². The van der Waals surface area contributed by atoms with Gasteiger partial charge in [0, 0.05) is 11.8 Å². The highest BCUT2D eigenvalue weighted by Crippen LogP contribution is 2.27. The average Bonchev–Trinajstić information content (AvgIpc) is 3.11. The molecule has 0 saturated carbocycles. The lowest BCUT2D eigenvalue weighted by Gasteiger charge is -2.26. The highest BCUT2D eigenvalue weighted by atomic mass is 19.3.